The number of carbonyl (C=O) groups is 1. The number of amides is 1. The summed E-state index contributed by atoms with van der Waals surface area (Å²) in [5.41, 5.74) is 0.138. The smallest absolute Gasteiger partial charge is 0.222 e. The van der Waals surface area contributed by atoms with Crippen molar-refractivity contribution >= 4 is 5.91 Å². The largest absolute Gasteiger partial charge is 0.354 e. The van der Waals surface area contributed by atoms with Crippen molar-refractivity contribution in [3.63, 3.8) is 0 Å². The van der Waals surface area contributed by atoms with Crippen molar-refractivity contribution in [1.82, 2.24) is 10.6 Å². The van der Waals surface area contributed by atoms with Crippen LogP contribution in [-0.4, -0.2) is 24.5 Å². The number of nitrogens with one attached hydrogen (secondary N) is 2. The van der Waals surface area contributed by atoms with Crippen molar-refractivity contribution in [2.75, 3.05) is 7.05 Å². The van der Waals surface area contributed by atoms with Gasteiger partial charge in [-0.1, -0.05) is 0 Å². The van der Waals surface area contributed by atoms with Crippen LogP contribution in [0.4, 0.5) is 0 Å². The summed E-state index contributed by atoms with van der Waals surface area (Å²) < 4.78 is 0. The molecule has 3 nitrogen and oxygen atoms in total. The van der Waals surface area contributed by atoms with E-state index in [0.717, 1.165) is 12.8 Å². The van der Waals surface area contributed by atoms with E-state index in [1.54, 1.807) is 0 Å². The molecular formula is C9H18N2O. The molecule has 1 amide bonds. The molecule has 0 heterocycles. The van der Waals surface area contributed by atoms with Gasteiger partial charge in [0, 0.05) is 18.0 Å². The van der Waals surface area contributed by atoms with Gasteiger partial charge in [0.15, 0.2) is 0 Å². The summed E-state index contributed by atoms with van der Waals surface area (Å²) in [5.74, 6) is 0.164. The topological polar surface area (TPSA) is 41.1 Å². The van der Waals surface area contributed by atoms with Gasteiger partial charge in [0.2, 0.25) is 5.91 Å². The maximum Gasteiger partial charge on any atom is 0.222 e. The van der Waals surface area contributed by atoms with Gasteiger partial charge in [-0.05, 0) is 33.7 Å². The summed E-state index contributed by atoms with van der Waals surface area (Å²) in [4.78, 5) is 11.3. The Balaban J connectivity index is 2.26. The van der Waals surface area contributed by atoms with E-state index in [1.807, 2.05) is 20.9 Å². The van der Waals surface area contributed by atoms with E-state index < -0.39 is 0 Å². The van der Waals surface area contributed by atoms with E-state index in [4.69, 9.17) is 0 Å². The third-order valence-electron chi connectivity index (χ3n) is 2.33. The van der Waals surface area contributed by atoms with Crippen molar-refractivity contribution in [2.24, 2.45) is 0 Å². The fourth-order valence-electron chi connectivity index (χ4n) is 1.35. The zero-order chi connectivity index (χ0) is 9.19. The van der Waals surface area contributed by atoms with Crippen LogP contribution in [0.15, 0.2) is 0 Å². The molecule has 0 atom stereocenters. The Morgan fingerprint density at radius 2 is 2.08 bits per heavy atom. The maximum absolute atomic E-state index is 11.3. The summed E-state index contributed by atoms with van der Waals surface area (Å²) in [6.45, 7) is 3.97. The van der Waals surface area contributed by atoms with Gasteiger partial charge in [0.05, 0.1) is 0 Å². The Morgan fingerprint density at radius 1 is 1.50 bits per heavy atom. The highest BCUT2D eigenvalue weighted by Gasteiger charge is 2.42. The second kappa shape index (κ2) is 3.44. The lowest BCUT2D eigenvalue weighted by Gasteiger charge is -2.14. The molecular weight excluding hydrogens is 152 g/mol. The van der Waals surface area contributed by atoms with Crippen molar-refractivity contribution in [3.05, 3.63) is 0 Å². The molecule has 12 heavy (non-hydrogen) atoms. The van der Waals surface area contributed by atoms with Gasteiger partial charge in [-0.25, -0.2) is 0 Å². The zero-order valence-corrected chi connectivity index (χ0v) is 8.11. The van der Waals surface area contributed by atoms with Gasteiger partial charge >= 0.3 is 0 Å². The first-order valence-corrected chi connectivity index (χ1v) is 4.56. The molecule has 0 aromatic heterocycles. The molecule has 0 unspecified atom stereocenters. The van der Waals surface area contributed by atoms with Gasteiger partial charge < -0.3 is 10.6 Å². The Labute approximate surface area is 73.9 Å². The number of rotatable bonds is 4. The molecule has 0 radical (unpaired) electrons. The molecule has 1 saturated carbocycles. The normalized spacial score (nSPS) is 19.3. The SMILES string of the molecule is CNC1(CC(=O)NC(C)C)CC1. The quantitative estimate of drug-likeness (QED) is 0.650. The minimum atomic E-state index is 0.138. The molecule has 3 heteroatoms. The highest BCUT2D eigenvalue weighted by Crippen LogP contribution is 2.37. The van der Waals surface area contributed by atoms with E-state index in [9.17, 15) is 4.79 Å². The average molecular weight is 170 g/mol. The van der Waals surface area contributed by atoms with E-state index >= 15 is 0 Å². The second-order valence-corrected chi connectivity index (χ2v) is 3.93. The Hall–Kier alpha value is -0.570. The molecule has 0 bridgehead atoms. The summed E-state index contributed by atoms with van der Waals surface area (Å²) in [6, 6.07) is 0.255. The van der Waals surface area contributed by atoms with Crippen LogP contribution in [0, 0.1) is 0 Å². The van der Waals surface area contributed by atoms with Crippen molar-refractivity contribution in [2.45, 2.75) is 44.7 Å². The molecule has 0 aromatic rings. The second-order valence-electron chi connectivity index (χ2n) is 3.93. The fraction of sp³-hybridized carbons (Fsp3) is 0.889. The van der Waals surface area contributed by atoms with Crippen molar-refractivity contribution in [1.29, 1.82) is 0 Å². The van der Waals surface area contributed by atoms with Gasteiger partial charge in [-0.15, -0.1) is 0 Å². The lowest BCUT2D eigenvalue weighted by molar-refractivity contribution is -0.122. The van der Waals surface area contributed by atoms with Gasteiger partial charge in [-0.3, -0.25) is 4.79 Å². The monoisotopic (exact) mass is 170 g/mol. The highest BCUT2D eigenvalue weighted by atomic mass is 16.1. The fourth-order valence-corrected chi connectivity index (χ4v) is 1.35. The molecule has 0 spiro atoms. The van der Waals surface area contributed by atoms with E-state index in [1.165, 1.54) is 0 Å². The minimum absolute atomic E-state index is 0.138. The van der Waals surface area contributed by atoms with Crippen molar-refractivity contribution < 1.29 is 4.79 Å². The standard InChI is InChI=1S/C9H18N2O/c1-7(2)11-8(12)6-9(10-3)4-5-9/h7,10H,4-6H2,1-3H3,(H,11,12). The predicted molar refractivity (Wildman–Crippen MR) is 48.9 cm³/mol. The van der Waals surface area contributed by atoms with Crippen LogP contribution in [0.25, 0.3) is 0 Å². The molecule has 1 aliphatic carbocycles. The summed E-state index contributed by atoms with van der Waals surface area (Å²) in [5, 5.41) is 6.09. The Kier molecular flexibility index (Phi) is 2.73. The third kappa shape index (κ3) is 2.48. The van der Waals surface area contributed by atoms with Crippen LogP contribution >= 0.6 is 0 Å². The molecule has 0 saturated heterocycles. The predicted octanol–water partition coefficient (Wildman–Crippen LogP) is 0.653. The van der Waals surface area contributed by atoms with Crippen LogP contribution in [0.3, 0.4) is 0 Å². The lowest BCUT2D eigenvalue weighted by Crippen LogP contribution is -2.38. The molecule has 1 aliphatic rings. The first-order valence-electron chi connectivity index (χ1n) is 4.56. The van der Waals surface area contributed by atoms with E-state index in [0.29, 0.717) is 6.42 Å². The minimum Gasteiger partial charge on any atom is -0.354 e. The van der Waals surface area contributed by atoms with Crippen LogP contribution in [0.1, 0.15) is 33.1 Å². The lowest BCUT2D eigenvalue weighted by atomic mass is 10.1. The first-order chi connectivity index (χ1) is 5.58. The van der Waals surface area contributed by atoms with Crippen molar-refractivity contribution in [3.8, 4) is 0 Å². The zero-order valence-electron chi connectivity index (χ0n) is 8.11. The Bertz CT molecular complexity index is 173. The molecule has 1 fully saturated rings. The maximum atomic E-state index is 11.3. The van der Waals surface area contributed by atoms with Gasteiger partial charge in [-0.2, -0.15) is 0 Å². The number of carbonyl (C=O) groups excluding carboxylic acids is 1. The Morgan fingerprint density at radius 3 is 2.42 bits per heavy atom. The summed E-state index contributed by atoms with van der Waals surface area (Å²) >= 11 is 0. The van der Waals surface area contributed by atoms with E-state index in [-0.39, 0.29) is 17.5 Å². The summed E-state index contributed by atoms with van der Waals surface area (Å²) in [6.07, 6.45) is 2.89. The first kappa shape index (κ1) is 9.52. The molecule has 0 aliphatic heterocycles. The number of hydrogen-bond donors (Lipinski definition) is 2. The molecule has 1 rings (SSSR count). The molecule has 70 valence electrons. The highest BCUT2D eigenvalue weighted by molar-refractivity contribution is 5.78. The summed E-state index contributed by atoms with van der Waals surface area (Å²) in [7, 11) is 1.93. The average Bonchev–Trinajstić information content (AvgIpc) is 2.67. The van der Waals surface area contributed by atoms with Gasteiger partial charge in [0.1, 0.15) is 0 Å². The third-order valence-corrected chi connectivity index (χ3v) is 2.33. The molecule has 0 aromatic carbocycles. The van der Waals surface area contributed by atoms with Crippen LogP contribution < -0.4 is 10.6 Å². The number of hydrogen-bond acceptors (Lipinski definition) is 2. The van der Waals surface area contributed by atoms with Crippen LogP contribution in [-0.2, 0) is 4.79 Å². The van der Waals surface area contributed by atoms with E-state index in [2.05, 4.69) is 10.6 Å². The molecule has 2 N–H and O–H groups in total. The van der Waals surface area contributed by atoms with Crippen LogP contribution in [0.2, 0.25) is 0 Å². The van der Waals surface area contributed by atoms with Gasteiger partial charge in [0.25, 0.3) is 0 Å². The van der Waals surface area contributed by atoms with Crippen LogP contribution in [0.5, 0.6) is 0 Å².